The largest absolute Gasteiger partial charge is 0.396 e. The summed E-state index contributed by atoms with van der Waals surface area (Å²) in [6, 6.07) is 0. The molecule has 0 aromatic rings. The molecule has 16 heavy (non-hydrogen) atoms. The van der Waals surface area contributed by atoms with Gasteiger partial charge >= 0.3 is 0 Å². The van der Waals surface area contributed by atoms with Gasteiger partial charge in [0, 0.05) is 18.6 Å². The molecule has 0 aliphatic carbocycles. The Hall–Kier alpha value is -0.380. The zero-order chi connectivity index (χ0) is 11.9. The maximum Gasteiger partial charge on any atom is 0.0502 e. The quantitative estimate of drug-likeness (QED) is 0.510. The average Bonchev–Trinajstić information content (AvgIpc) is 2.30. The number of aliphatic hydroxyl groups excluding tert-OH is 2. The molecule has 3 nitrogen and oxygen atoms in total. The highest BCUT2D eigenvalue weighted by Gasteiger charge is 2.33. The van der Waals surface area contributed by atoms with Crippen molar-refractivity contribution in [1.29, 1.82) is 0 Å². The lowest BCUT2D eigenvalue weighted by Gasteiger charge is -2.41. The third-order valence-electron chi connectivity index (χ3n) is 3.54. The van der Waals surface area contributed by atoms with E-state index in [9.17, 15) is 5.11 Å². The van der Waals surface area contributed by atoms with Gasteiger partial charge in [0.1, 0.15) is 0 Å². The summed E-state index contributed by atoms with van der Waals surface area (Å²) in [5.41, 5.74) is 0.0409. The van der Waals surface area contributed by atoms with Crippen LogP contribution in [0.4, 0.5) is 0 Å². The van der Waals surface area contributed by atoms with Gasteiger partial charge in [-0.1, -0.05) is 6.08 Å². The predicted molar refractivity (Wildman–Crippen MR) is 66.3 cm³/mol. The first-order chi connectivity index (χ1) is 7.76. The van der Waals surface area contributed by atoms with Crippen LogP contribution >= 0.6 is 0 Å². The second kappa shape index (κ2) is 7.05. The third kappa shape index (κ3) is 3.89. The van der Waals surface area contributed by atoms with Crippen LogP contribution in [0.1, 0.15) is 32.1 Å². The Kier molecular flexibility index (Phi) is 6.03. The fourth-order valence-electron chi connectivity index (χ4n) is 2.61. The molecule has 0 aromatic carbocycles. The van der Waals surface area contributed by atoms with Gasteiger partial charge < -0.3 is 15.1 Å². The second-order valence-electron chi connectivity index (χ2n) is 4.96. The molecular formula is C13H25NO2. The van der Waals surface area contributed by atoms with E-state index in [1.807, 2.05) is 6.08 Å². The highest BCUT2D eigenvalue weighted by molar-refractivity contribution is 4.91. The van der Waals surface area contributed by atoms with Crippen LogP contribution in [0.2, 0.25) is 0 Å². The molecule has 0 spiro atoms. The van der Waals surface area contributed by atoms with Crippen LogP contribution in [-0.2, 0) is 0 Å². The van der Waals surface area contributed by atoms with E-state index in [2.05, 4.69) is 11.5 Å². The van der Waals surface area contributed by atoms with Crippen molar-refractivity contribution in [1.82, 2.24) is 4.90 Å². The highest BCUT2D eigenvalue weighted by Crippen LogP contribution is 2.33. The first-order valence-corrected chi connectivity index (χ1v) is 6.31. The number of unbranched alkanes of at least 4 members (excludes halogenated alkanes) is 1. The molecular weight excluding hydrogens is 202 g/mol. The highest BCUT2D eigenvalue weighted by atomic mass is 16.3. The van der Waals surface area contributed by atoms with Gasteiger partial charge in [0.25, 0.3) is 0 Å². The van der Waals surface area contributed by atoms with Gasteiger partial charge in [-0.05, 0) is 45.2 Å². The van der Waals surface area contributed by atoms with Gasteiger partial charge in [0.2, 0.25) is 0 Å². The zero-order valence-electron chi connectivity index (χ0n) is 10.2. The molecule has 0 radical (unpaired) electrons. The van der Waals surface area contributed by atoms with Gasteiger partial charge in [-0.3, -0.25) is 0 Å². The summed E-state index contributed by atoms with van der Waals surface area (Å²) in [7, 11) is 0. The fourth-order valence-corrected chi connectivity index (χ4v) is 2.61. The molecule has 94 valence electrons. The molecule has 3 heteroatoms. The second-order valence-corrected chi connectivity index (χ2v) is 4.96. The van der Waals surface area contributed by atoms with E-state index in [0.717, 1.165) is 51.7 Å². The Morgan fingerprint density at radius 1 is 1.31 bits per heavy atom. The topological polar surface area (TPSA) is 43.7 Å². The van der Waals surface area contributed by atoms with Crippen molar-refractivity contribution in [3.63, 3.8) is 0 Å². The molecule has 1 rings (SSSR count). The normalized spacial score (nSPS) is 26.9. The van der Waals surface area contributed by atoms with Crippen molar-refractivity contribution in [2.24, 2.45) is 5.41 Å². The number of aliphatic hydroxyl groups is 2. The first-order valence-electron chi connectivity index (χ1n) is 6.31. The minimum absolute atomic E-state index is 0.0409. The lowest BCUT2D eigenvalue weighted by atomic mass is 9.78. The Morgan fingerprint density at radius 3 is 2.75 bits per heavy atom. The first kappa shape index (κ1) is 13.7. The van der Waals surface area contributed by atoms with Crippen LogP contribution in [0.15, 0.2) is 12.7 Å². The molecule has 1 heterocycles. The predicted octanol–water partition coefficient (Wildman–Crippen LogP) is 1.41. The van der Waals surface area contributed by atoms with E-state index in [1.165, 1.54) is 0 Å². The summed E-state index contributed by atoms with van der Waals surface area (Å²) < 4.78 is 0. The molecule has 0 aromatic heterocycles. The van der Waals surface area contributed by atoms with Crippen LogP contribution in [0.25, 0.3) is 0 Å². The van der Waals surface area contributed by atoms with Crippen LogP contribution in [-0.4, -0.2) is 48.0 Å². The molecule has 0 saturated carbocycles. The molecule has 2 N–H and O–H groups in total. The van der Waals surface area contributed by atoms with Crippen LogP contribution in [0.3, 0.4) is 0 Å². The van der Waals surface area contributed by atoms with Crippen LogP contribution in [0, 0.1) is 5.41 Å². The van der Waals surface area contributed by atoms with Crippen LogP contribution in [0.5, 0.6) is 0 Å². The smallest absolute Gasteiger partial charge is 0.0502 e. The monoisotopic (exact) mass is 227 g/mol. The molecule has 1 fully saturated rings. The SMILES string of the molecule is C=CCC1(CO)CCCN(CCCCO)C1. The minimum Gasteiger partial charge on any atom is -0.396 e. The molecule has 1 atom stereocenters. The molecule has 0 amide bonds. The number of allylic oxidation sites excluding steroid dienone is 1. The Morgan fingerprint density at radius 2 is 2.12 bits per heavy atom. The van der Waals surface area contributed by atoms with Gasteiger partial charge in [0.15, 0.2) is 0 Å². The van der Waals surface area contributed by atoms with E-state index in [-0.39, 0.29) is 18.6 Å². The molecule has 1 unspecified atom stereocenters. The average molecular weight is 227 g/mol. The van der Waals surface area contributed by atoms with Crippen molar-refractivity contribution in [3.8, 4) is 0 Å². The van der Waals surface area contributed by atoms with Crippen molar-refractivity contribution in [3.05, 3.63) is 12.7 Å². The van der Waals surface area contributed by atoms with E-state index < -0.39 is 0 Å². The summed E-state index contributed by atoms with van der Waals surface area (Å²) in [5.74, 6) is 0. The number of hydrogen-bond acceptors (Lipinski definition) is 3. The maximum atomic E-state index is 9.55. The van der Waals surface area contributed by atoms with E-state index in [4.69, 9.17) is 5.11 Å². The Balaban J connectivity index is 2.41. The molecule has 1 aliphatic rings. The number of rotatable bonds is 7. The summed E-state index contributed by atoms with van der Waals surface area (Å²) >= 11 is 0. The molecule has 1 aliphatic heterocycles. The zero-order valence-corrected chi connectivity index (χ0v) is 10.2. The lowest BCUT2D eigenvalue weighted by Crippen LogP contribution is -2.45. The standard InChI is InChI=1S/C13H25NO2/c1-2-6-13(12-16)7-5-9-14(11-13)8-3-4-10-15/h2,15-16H,1,3-12H2. The number of likely N-dealkylation sites (tertiary alicyclic amines) is 1. The molecule has 0 bridgehead atoms. The minimum atomic E-state index is 0.0409. The Labute approximate surface area is 98.8 Å². The van der Waals surface area contributed by atoms with Gasteiger partial charge in [-0.25, -0.2) is 0 Å². The van der Waals surface area contributed by atoms with Crippen molar-refractivity contribution >= 4 is 0 Å². The van der Waals surface area contributed by atoms with Crippen molar-refractivity contribution < 1.29 is 10.2 Å². The van der Waals surface area contributed by atoms with E-state index >= 15 is 0 Å². The number of piperidine rings is 1. The summed E-state index contributed by atoms with van der Waals surface area (Å²) in [6.07, 6.45) is 7.02. The van der Waals surface area contributed by atoms with Gasteiger partial charge in [-0.2, -0.15) is 0 Å². The number of hydrogen-bond donors (Lipinski definition) is 2. The third-order valence-corrected chi connectivity index (χ3v) is 3.54. The van der Waals surface area contributed by atoms with E-state index in [0.29, 0.717) is 0 Å². The lowest BCUT2D eigenvalue weighted by molar-refractivity contribution is 0.0333. The summed E-state index contributed by atoms with van der Waals surface area (Å²) in [4.78, 5) is 2.42. The fraction of sp³-hybridized carbons (Fsp3) is 0.846. The maximum absolute atomic E-state index is 9.55. The Bertz CT molecular complexity index is 208. The molecule has 1 saturated heterocycles. The summed E-state index contributed by atoms with van der Waals surface area (Å²) in [5, 5.41) is 18.3. The van der Waals surface area contributed by atoms with Crippen molar-refractivity contribution in [2.45, 2.75) is 32.1 Å². The van der Waals surface area contributed by atoms with E-state index in [1.54, 1.807) is 0 Å². The summed E-state index contributed by atoms with van der Waals surface area (Å²) in [6.45, 7) is 7.47. The number of nitrogens with zero attached hydrogens (tertiary/aromatic N) is 1. The van der Waals surface area contributed by atoms with Crippen LogP contribution < -0.4 is 0 Å². The van der Waals surface area contributed by atoms with Gasteiger partial charge in [0.05, 0.1) is 6.61 Å². The van der Waals surface area contributed by atoms with Gasteiger partial charge in [-0.15, -0.1) is 6.58 Å². The van der Waals surface area contributed by atoms with Crippen molar-refractivity contribution in [2.75, 3.05) is 32.8 Å².